The average Bonchev–Trinajstić information content (AvgIpc) is 3.23. The first-order valence-electron chi connectivity index (χ1n) is 8.38. The number of rotatable bonds is 2. The standard InChI is InChI=1S/C19H15BrClF2NO3/c20-16-12-8-19(10-4-2-1-3-5-10,27-14(12)7-13(23)17(16)21)15-6-11(22)9-24(15)18(25)26/h1-5,7,11,15H,6,8-9H2,(H,25,26)/t11-,15+,19+/m1/s1. The van der Waals surface area contributed by atoms with Gasteiger partial charge >= 0.3 is 6.09 Å². The van der Waals surface area contributed by atoms with Gasteiger partial charge in [-0.15, -0.1) is 0 Å². The summed E-state index contributed by atoms with van der Waals surface area (Å²) in [6.45, 7) is -0.218. The van der Waals surface area contributed by atoms with Crippen LogP contribution in [-0.4, -0.2) is 34.9 Å². The highest BCUT2D eigenvalue weighted by Crippen LogP contribution is 2.51. The number of halogens is 4. The highest BCUT2D eigenvalue weighted by Gasteiger charge is 2.55. The Morgan fingerprint density at radius 1 is 1.37 bits per heavy atom. The van der Waals surface area contributed by atoms with Crippen LogP contribution in [0, 0.1) is 5.82 Å². The van der Waals surface area contributed by atoms with Gasteiger partial charge in [0.15, 0.2) is 5.60 Å². The Morgan fingerprint density at radius 2 is 2.07 bits per heavy atom. The molecule has 1 amide bonds. The lowest BCUT2D eigenvalue weighted by molar-refractivity contribution is 0.00672. The SMILES string of the molecule is O=C(O)N1C[C@H](F)C[C@H]1[C@@]1(c2ccccc2)Cc2c(cc(F)c(Cl)c2Br)O1. The molecule has 1 saturated heterocycles. The second-order valence-electron chi connectivity index (χ2n) is 6.78. The first-order valence-corrected chi connectivity index (χ1v) is 9.55. The molecule has 1 fully saturated rings. The maximum atomic E-state index is 14.2. The van der Waals surface area contributed by atoms with E-state index in [1.54, 1.807) is 12.1 Å². The van der Waals surface area contributed by atoms with Crippen LogP contribution in [0.4, 0.5) is 13.6 Å². The molecule has 0 saturated carbocycles. The summed E-state index contributed by atoms with van der Waals surface area (Å²) < 4.78 is 34.9. The van der Waals surface area contributed by atoms with E-state index in [0.717, 1.165) is 4.90 Å². The smallest absolute Gasteiger partial charge is 0.407 e. The van der Waals surface area contributed by atoms with Gasteiger partial charge < -0.3 is 9.84 Å². The quantitative estimate of drug-likeness (QED) is 0.632. The molecule has 0 aromatic heterocycles. The zero-order valence-corrected chi connectivity index (χ0v) is 16.3. The van der Waals surface area contributed by atoms with E-state index in [1.165, 1.54) is 6.07 Å². The minimum Gasteiger partial charge on any atom is -0.480 e. The van der Waals surface area contributed by atoms with E-state index >= 15 is 0 Å². The van der Waals surface area contributed by atoms with Gasteiger partial charge in [-0.3, -0.25) is 4.90 Å². The lowest BCUT2D eigenvalue weighted by Gasteiger charge is -2.38. The number of fused-ring (bicyclic) bond motifs is 1. The first-order chi connectivity index (χ1) is 12.8. The van der Waals surface area contributed by atoms with Crippen molar-refractivity contribution in [3.8, 4) is 5.75 Å². The van der Waals surface area contributed by atoms with E-state index < -0.39 is 29.7 Å². The molecule has 0 bridgehead atoms. The molecule has 1 N–H and O–H groups in total. The monoisotopic (exact) mass is 457 g/mol. The largest absolute Gasteiger partial charge is 0.480 e. The van der Waals surface area contributed by atoms with Gasteiger partial charge in [-0.2, -0.15) is 0 Å². The van der Waals surface area contributed by atoms with Crippen molar-refractivity contribution in [2.24, 2.45) is 0 Å². The Morgan fingerprint density at radius 3 is 2.74 bits per heavy atom. The number of amides is 1. The Balaban J connectivity index is 1.88. The zero-order chi connectivity index (χ0) is 19.3. The van der Waals surface area contributed by atoms with Crippen molar-refractivity contribution in [3.05, 3.63) is 62.8 Å². The van der Waals surface area contributed by atoms with E-state index in [-0.39, 0.29) is 30.2 Å². The van der Waals surface area contributed by atoms with Gasteiger partial charge in [0.05, 0.1) is 17.6 Å². The van der Waals surface area contributed by atoms with Crippen LogP contribution in [0.1, 0.15) is 17.5 Å². The van der Waals surface area contributed by atoms with Crippen LogP contribution >= 0.6 is 27.5 Å². The molecule has 2 aliphatic rings. The van der Waals surface area contributed by atoms with Crippen molar-refractivity contribution in [1.82, 2.24) is 4.90 Å². The molecule has 142 valence electrons. The number of hydrogen-bond donors (Lipinski definition) is 1. The molecule has 2 heterocycles. The fourth-order valence-corrected chi connectivity index (χ4v) is 4.75. The van der Waals surface area contributed by atoms with Gasteiger partial charge in [0.25, 0.3) is 0 Å². The predicted molar refractivity (Wildman–Crippen MR) is 99.6 cm³/mol. The minimum absolute atomic E-state index is 0.00299. The molecule has 0 spiro atoms. The number of carbonyl (C=O) groups is 1. The highest BCUT2D eigenvalue weighted by atomic mass is 79.9. The first kappa shape index (κ1) is 18.5. The summed E-state index contributed by atoms with van der Waals surface area (Å²) >= 11 is 9.34. The Labute approximate surface area is 167 Å². The van der Waals surface area contributed by atoms with Crippen LogP contribution in [0.5, 0.6) is 5.75 Å². The third-order valence-electron chi connectivity index (χ3n) is 5.25. The molecular formula is C19H15BrClF2NO3. The summed E-state index contributed by atoms with van der Waals surface area (Å²) in [6.07, 6.45) is -2.25. The van der Waals surface area contributed by atoms with Crippen LogP contribution in [-0.2, 0) is 12.0 Å². The molecule has 0 aliphatic carbocycles. The van der Waals surface area contributed by atoms with Crippen molar-refractivity contribution in [3.63, 3.8) is 0 Å². The molecular weight excluding hydrogens is 444 g/mol. The number of hydrogen-bond acceptors (Lipinski definition) is 2. The van der Waals surface area contributed by atoms with Crippen LogP contribution in [0.2, 0.25) is 5.02 Å². The van der Waals surface area contributed by atoms with E-state index in [2.05, 4.69) is 15.9 Å². The third kappa shape index (κ3) is 2.88. The number of ether oxygens (including phenoxy) is 1. The molecule has 27 heavy (non-hydrogen) atoms. The maximum Gasteiger partial charge on any atom is 0.407 e. The van der Waals surface area contributed by atoms with Crippen LogP contribution < -0.4 is 4.74 Å². The molecule has 2 aliphatic heterocycles. The summed E-state index contributed by atoms with van der Waals surface area (Å²) in [5.41, 5.74) is 0.176. The van der Waals surface area contributed by atoms with Crippen molar-refractivity contribution >= 4 is 33.6 Å². The topological polar surface area (TPSA) is 49.8 Å². The number of likely N-dealkylation sites (tertiary alicyclic amines) is 1. The number of carboxylic acid groups (broad SMARTS) is 1. The second-order valence-corrected chi connectivity index (χ2v) is 7.95. The normalized spacial score (nSPS) is 26.7. The second kappa shape index (κ2) is 6.63. The minimum atomic E-state index is -1.29. The predicted octanol–water partition coefficient (Wildman–Crippen LogP) is 5.16. The zero-order valence-electron chi connectivity index (χ0n) is 14.0. The van der Waals surface area contributed by atoms with E-state index in [9.17, 15) is 18.7 Å². The molecule has 4 rings (SSSR count). The van der Waals surface area contributed by atoms with Gasteiger partial charge in [-0.1, -0.05) is 41.9 Å². The number of benzene rings is 2. The summed E-state index contributed by atoms with van der Waals surface area (Å²) in [7, 11) is 0. The lowest BCUT2D eigenvalue weighted by Crippen LogP contribution is -2.52. The van der Waals surface area contributed by atoms with Crippen LogP contribution in [0.25, 0.3) is 0 Å². The molecule has 2 aromatic rings. The summed E-state index contributed by atoms with van der Waals surface area (Å²) in [5, 5.41) is 9.53. The van der Waals surface area contributed by atoms with Crippen molar-refractivity contribution in [2.45, 2.75) is 30.7 Å². The van der Waals surface area contributed by atoms with E-state index in [1.807, 2.05) is 18.2 Å². The van der Waals surface area contributed by atoms with E-state index in [0.29, 0.717) is 15.6 Å². The maximum absolute atomic E-state index is 14.2. The number of alkyl halides is 1. The van der Waals surface area contributed by atoms with Gasteiger partial charge in [-0.05, 0) is 21.5 Å². The van der Waals surface area contributed by atoms with Crippen molar-refractivity contribution in [1.29, 1.82) is 0 Å². The van der Waals surface area contributed by atoms with Crippen molar-refractivity contribution in [2.75, 3.05) is 6.54 Å². The van der Waals surface area contributed by atoms with Gasteiger partial charge in [0.1, 0.15) is 17.7 Å². The molecule has 0 radical (unpaired) electrons. The molecule has 2 aromatic carbocycles. The van der Waals surface area contributed by atoms with Gasteiger partial charge in [0, 0.05) is 28.9 Å². The summed E-state index contributed by atoms with van der Waals surface area (Å²) in [5.74, 6) is -0.365. The van der Waals surface area contributed by atoms with Crippen LogP contribution in [0.15, 0.2) is 40.9 Å². The Hall–Kier alpha value is -1.86. The van der Waals surface area contributed by atoms with Gasteiger partial charge in [0.2, 0.25) is 0 Å². The summed E-state index contributed by atoms with van der Waals surface area (Å²) in [4.78, 5) is 12.8. The molecule has 0 unspecified atom stereocenters. The van der Waals surface area contributed by atoms with E-state index in [4.69, 9.17) is 16.3 Å². The molecule has 3 atom stereocenters. The van der Waals surface area contributed by atoms with Crippen LogP contribution in [0.3, 0.4) is 0 Å². The fourth-order valence-electron chi connectivity index (χ4n) is 4.06. The number of nitrogens with zero attached hydrogens (tertiary/aromatic N) is 1. The fraction of sp³-hybridized carbons (Fsp3) is 0.316. The highest BCUT2D eigenvalue weighted by molar-refractivity contribution is 9.10. The lowest BCUT2D eigenvalue weighted by atomic mass is 9.81. The Kier molecular flexibility index (Phi) is 4.55. The molecule has 8 heteroatoms. The van der Waals surface area contributed by atoms with Crippen molar-refractivity contribution < 1.29 is 23.4 Å². The average molecular weight is 459 g/mol. The summed E-state index contributed by atoms with van der Waals surface area (Å²) in [6, 6.07) is 9.49. The molecule has 4 nitrogen and oxygen atoms in total. The third-order valence-corrected chi connectivity index (χ3v) is 6.72. The Bertz CT molecular complexity index is 914. The van der Waals surface area contributed by atoms with Gasteiger partial charge in [-0.25, -0.2) is 13.6 Å².